The molecule has 2 fully saturated rings. The van der Waals surface area contributed by atoms with Crippen LogP contribution in [0.4, 0.5) is 5.69 Å². The van der Waals surface area contributed by atoms with Crippen molar-refractivity contribution in [1.82, 2.24) is 5.32 Å². The Labute approximate surface area is 128 Å². The van der Waals surface area contributed by atoms with Crippen LogP contribution in [-0.2, 0) is 0 Å². The summed E-state index contributed by atoms with van der Waals surface area (Å²) in [5.41, 5.74) is 2.61. The summed E-state index contributed by atoms with van der Waals surface area (Å²) in [5, 5.41) is 3.48. The van der Waals surface area contributed by atoms with Gasteiger partial charge >= 0.3 is 0 Å². The summed E-state index contributed by atoms with van der Waals surface area (Å²) in [6, 6.07) is 6.65. The number of hydrogen-bond donors (Lipinski definition) is 1. The number of nitrogens with one attached hydrogen (secondary N) is 1. The molecule has 3 heteroatoms. The second kappa shape index (κ2) is 7.17. The summed E-state index contributed by atoms with van der Waals surface area (Å²) in [5.74, 6) is 1.09. The molecular formula is C18H28N2O. The molecule has 0 atom stereocenters. The monoisotopic (exact) mass is 288 g/mol. The molecule has 1 saturated carbocycles. The molecule has 116 valence electrons. The molecule has 2 aliphatic rings. The van der Waals surface area contributed by atoms with E-state index in [9.17, 15) is 0 Å². The smallest absolute Gasteiger partial charge is 0.143 e. The van der Waals surface area contributed by atoms with Crippen molar-refractivity contribution in [3.05, 3.63) is 23.8 Å². The molecule has 0 radical (unpaired) electrons. The maximum Gasteiger partial charge on any atom is 0.143 e. The van der Waals surface area contributed by atoms with Crippen molar-refractivity contribution in [2.45, 2.75) is 51.6 Å². The summed E-state index contributed by atoms with van der Waals surface area (Å²) < 4.78 is 6.37. The molecule has 0 spiro atoms. The molecule has 1 aromatic rings. The number of rotatable bonds is 3. The maximum atomic E-state index is 6.37. The standard InChI is InChI=1S/C18H28N2O/c1-15-8-9-18(21-16-6-3-2-4-7-16)17(14-15)20-12-5-10-19-11-13-20/h8-9,14,16,19H,2-7,10-13H2,1H3. The van der Waals surface area contributed by atoms with Crippen molar-refractivity contribution < 1.29 is 4.74 Å². The zero-order chi connectivity index (χ0) is 14.5. The van der Waals surface area contributed by atoms with Gasteiger partial charge in [0.1, 0.15) is 5.75 Å². The zero-order valence-corrected chi connectivity index (χ0v) is 13.2. The van der Waals surface area contributed by atoms with E-state index in [1.807, 2.05) is 0 Å². The largest absolute Gasteiger partial charge is 0.488 e. The molecule has 21 heavy (non-hydrogen) atoms. The Balaban J connectivity index is 1.78. The SMILES string of the molecule is Cc1ccc(OC2CCCCC2)c(N2CCCNCC2)c1. The fraction of sp³-hybridized carbons (Fsp3) is 0.667. The topological polar surface area (TPSA) is 24.5 Å². The normalized spacial score (nSPS) is 21.1. The van der Waals surface area contributed by atoms with Crippen molar-refractivity contribution in [3.8, 4) is 5.75 Å². The molecule has 3 rings (SSSR count). The van der Waals surface area contributed by atoms with Gasteiger partial charge in [0.25, 0.3) is 0 Å². The number of anilines is 1. The first-order chi connectivity index (χ1) is 10.3. The molecule has 0 bridgehead atoms. The number of benzene rings is 1. The molecule has 1 heterocycles. The van der Waals surface area contributed by atoms with Gasteiger partial charge in [0.05, 0.1) is 11.8 Å². The highest BCUT2D eigenvalue weighted by Crippen LogP contribution is 2.33. The Morgan fingerprint density at radius 2 is 1.90 bits per heavy atom. The lowest BCUT2D eigenvalue weighted by Crippen LogP contribution is -2.29. The Bertz CT molecular complexity index is 447. The van der Waals surface area contributed by atoms with Crippen LogP contribution in [0, 0.1) is 6.92 Å². The summed E-state index contributed by atoms with van der Waals surface area (Å²) >= 11 is 0. The van der Waals surface area contributed by atoms with Gasteiger partial charge in [-0.05, 0) is 63.3 Å². The van der Waals surface area contributed by atoms with Gasteiger partial charge in [-0.15, -0.1) is 0 Å². The number of hydrogen-bond acceptors (Lipinski definition) is 3. The molecule has 0 aromatic heterocycles. The Hall–Kier alpha value is -1.22. The minimum absolute atomic E-state index is 0.422. The van der Waals surface area contributed by atoms with Gasteiger partial charge < -0.3 is 15.0 Å². The van der Waals surface area contributed by atoms with Gasteiger partial charge in [-0.2, -0.15) is 0 Å². The van der Waals surface area contributed by atoms with E-state index >= 15 is 0 Å². The van der Waals surface area contributed by atoms with E-state index in [2.05, 4.69) is 35.3 Å². The van der Waals surface area contributed by atoms with Crippen LogP contribution in [0.5, 0.6) is 5.75 Å². The molecular weight excluding hydrogens is 260 g/mol. The summed E-state index contributed by atoms with van der Waals surface area (Å²) in [4.78, 5) is 2.49. The Kier molecular flexibility index (Phi) is 5.02. The van der Waals surface area contributed by atoms with E-state index in [0.717, 1.165) is 31.9 Å². The minimum Gasteiger partial charge on any atom is -0.488 e. The van der Waals surface area contributed by atoms with Crippen LogP contribution >= 0.6 is 0 Å². The molecule has 3 nitrogen and oxygen atoms in total. The molecule has 0 unspecified atom stereocenters. The maximum absolute atomic E-state index is 6.37. The summed E-state index contributed by atoms with van der Waals surface area (Å²) in [6.07, 6.45) is 8.07. The molecule has 1 saturated heterocycles. The van der Waals surface area contributed by atoms with E-state index in [4.69, 9.17) is 4.74 Å². The first kappa shape index (κ1) is 14.7. The lowest BCUT2D eigenvalue weighted by molar-refractivity contribution is 0.155. The van der Waals surface area contributed by atoms with Gasteiger partial charge in [0, 0.05) is 19.6 Å². The lowest BCUT2D eigenvalue weighted by Gasteiger charge is -2.29. The van der Waals surface area contributed by atoms with Crippen LogP contribution in [0.2, 0.25) is 0 Å². The van der Waals surface area contributed by atoms with Gasteiger partial charge in [-0.3, -0.25) is 0 Å². The highest BCUT2D eigenvalue weighted by molar-refractivity contribution is 5.60. The third-order valence-corrected chi connectivity index (χ3v) is 4.64. The molecule has 1 aliphatic carbocycles. The fourth-order valence-corrected chi connectivity index (χ4v) is 3.42. The predicted octanol–water partition coefficient (Wildman–Crippen LogP) is 3.51. The third kappa shape index (κ3) is 3.91. The zero-order valence-electron chi connectivity index (χ0n) is 13.2. The molecule has 0 amide bonds. The van der Waals surface area contributed by atoms with Gasteiger partial charge in [-0.1, -0.05) is 12.5 Å². The highest BCUT2D eigenvalue weighted by Gasteiger charge is 2.19. The van der Waals surface area contributed by atoms with Crippen molar-refractivity contribution >= 4 is 5.69 Å². The second-order valence-corrected chi connectivity index (χ2v) is 6.44. The van der Waals surface area contributed by atoms with Crippen LogP contribution in [0.25, 0.3) is 0 Å². The average molecular weight is 288 g/mol. The van der Waals surface area contributed by atoms with Crippen molar-refractivity contribution in [2.75, 3.05) is 31.1 Å². The molecule has 1 aliphatic heterocycles. The van der Waals surface area contributed by atoms with Crippen LogP contribution in [0.3, 0.4) is 0 Å². The van der Waals surface area contributed by atoms with E-state index in [1.54, 1.807) is 0 Å². The Morgan fingerprint density at radius 1 is 1.05 bits per heavy atom. The average Bonchev–Trinajstić information content (AvgIpc) is 2.79. The second-order valence-electron chi connectivity index (χ2n) is 6.44. The van der Waals surface area contributed by atoms with Gasteiger partial charge in [-0.25, -0.2) is 0 Å². The first-order valence-electron chi connectivity index (χ1n) is 8.56. The molecule has 1 aromatic carbocycles. The van der Waals surface area contributed by atoms with Crippen LogP contribution < -0.4 is 15.0 Å². The fourth-order valence-electron chi connectivity index (χ4n) is 3.42. The lowest BCUT2D eigenvalue weighted by atomic mass is 9.98. The highest BCUT2D eigenvalue weighted by atomic mass is 16.5. The van der Waals surface area contributed by atoms with E-state index < -0.39 is 0 Å². The van der Waals surface area contributed by atoms with E-state index in [-0.39, 0.29) is 0 Å². The quantitative estimate of drug-likeness (QED) is 0.921. The Morgan fingerprint density at radius 3 is 2.76 bits per heavy atom. The van der Waals surface area contributed by atoms with Crippen LogP contribution in [0.15, 0.2) is 18.2 Å². The van der Waals surface area contributed by atoms with Gasteiger partial charge in [0.2, 0.25) is 0 Å². The number of nitrogens with zero attached hydrogens (tertiary/aromatic N) is 1. The van der Waals surface area contributed by atoms with Crippen LogP contribution in [-0.4, -0.2) is 32.3 Å². The molecule has 1 N–H and O–H groups in total. The van der Waals surface area contributed by atoms with Gasteiger partial charge in [0.15, 0.2) is 0 Å². The van der Waals surface area contributed by atoms with E-state index in [0.29, 0.717) is 6.10 Å². The summed E-state index contributed by atoms with van der Waals surface area (Å²) in [7, 11) is 0. The van der Waals surface area contributed by atoms with E-state index in [1.165, 1.54) is 49.8 Å². The van der Waals surface area contributed by atoms with Crippen molar-refractivity contribution in [3.63, 3.8) is 0 Å². The first-order valence-corrected chi connectivity index (χ1v) is 8.56. The number of aryl methyl sites for hydroxylation is 1. The van der Waals surface area contributed by atoms with Crippen molar-refractivity contribution in [2.24, 2.45) is 0 Å². The van der Waals surface area contributed by atoms with Crippen LogP contribution in [0.1, 0.15) is 44.1 Å². The summed E-state index contributed by atoms with van der Waals surface area (Å²) in [6.45, 7) is 6.56. The minimum atomic E-state index is 0.422. The van der Waals surface area contributed by atoms with Crippen molar-refractivity contribution in [1.29, 1.82) is 0 Å². The predicted molar refractivity (Wildman–Crippen MR) is 88.4 cm³/mol. The third-order valence-electron chi connectivity index (χ3n) is 4.64. The number of ether oxygens (including phenoxy) is 1.